The van der Waals surface area contributed by atoms with Gasteiger partial charge in [-0.1, -0.05) is 6.58 Å². The minimum Gasteiger partial charge on any atom is -0.381 e. The van der Waals surface area contributed by atoms with Crippen molar-refractivity contribution in [1.82, 2.24) is 15.1 Å². The Morgan fingerprint density at radius 1 is 1.22 bits per heavy atom. The Labute approximate surface area is 138 Å². The Morgan fingerprint density at radius 3 is 2.39 bits per heavy atom. The van der Waals surface area contributed by atoms with Gasteiger partial charge in [-0.15, -0.1) is 0 Å². The van der Waals surface area contributed by atoms with Crippen molar-refractivity contribution in [3.05, 3.63) is 12.7 Å². The number of carbonyl (C=O) groups is 2. The van der Waals surface area contributed by atoms with Crippen molar-refractivity contribution in [2.75, 3.05) is 39.4 Å². The Balaban J connectivity index is 1.73. The molecule has 0 saturated carbocycles. The fraction of sp³-hybridized carbons (Fsp3) is 0.765. The first-order valence-corrected chi connectivity index (χ1v) is 8.67. The predicted octanol–water partition coefficient (Wildman–Crippen LogP) is 0.781. The van der Waals surface area contributed by atoms with E-state index in [1.807, 2.05) is 11.8 Å². The maximum Gasteiger partial charge on any atom is 0.246 e. The van der Waals surface area contributed by atoms with Crippen LogP contribution in [0, 0.1) is 0 Å². The highest BCUT2D eigenvalue weighted by molar-refractivity contribution is 5.90. The van der Waals surface area contributed by atoms with E-state index < -0.39 is 0 Å². The topological polar surface area (TPSA) is 61.9 Å². The lowest BCUT2D eigenvalue weighted by Gasteiger charge is -2.36. The lowest BCUT2D eigenvalue weighted by Crippen LogP contribution is -2.51. The number of likely N-dealkylation sites (N-methyl/N-ethyl adjacent to an activating group) is 1. The highest BCUT2D eigenvalue weighted by Gasteiger charge is 2.26. The molecular formula is C17H29N3O3. The van der Waals surface area contributed by atoms with Gasteiger partial charge in [-0.3, -0.25) is 9.59 Å². The summed E-state index contributed by atoms with van der Waals surface area (Å²) in [5, 5.41) is 3.70. The van der Waals surface area contributed by atoms with E-state index in [1.54, 1.807) is 0 Å². The third-order valence-electron chi connectivity index (χ3n) is 4.73. The van der Waals surface area contributed by atoms with Gasteiger partial charge in [0.25, 0.3) is 0 Å². The number of likely N-dealkylation sites (tertiary alicyclic amines) is 1. The van der Waals surface area contributed by atoms with E-state index in [1.165, 1.54) is 11.0 Å². The molecule has 2 amide bonds. The van der Waals surface area contributed by atoms with Gasteiger partial charge in [0, 0.05) is 44.9 Å². The monoisotopic (exact) mass is 323 g/mol. The molecule has 0 spiro atoms. The Bertz CT molecular complexity index is 413. The SMILES string of the molecule is C=CC(=O)N(CC)CC(=O)N1CCC(NC2CCOCC2)CC1. The molecule has 130 valence electrons. The normalized spacial score (nSPS) is 20.3. The molecule has 6 nitrogen and oxygen atoms in total. The molecule has 6 heteroatoms. The van der Waals surface area contributed by atoms with Crippen molar-refractivity contribution >= 4 is 11.8 Å². The summed E-state index contributed by atoms with van der Waals surface area (Å²) in [4.78, 5) is 27.4. The second kappa shape index (κ2) is 9.03. The Kier molecular flexibility index (Phi) is 7.05. The van der Waals surface area contributed by atoms with E-state index in [0.717, 1.165) is 52.0 Å². The number of hydrogen-bond acceptors (Lipinski definition) is 4. The molecule has 0 unspecified atom stereocenters. The molecule has 0 aliphatic carbocycles. The Morgan fingerprint density at radius 2 is 1.83 bits per heavy atom. The molecule has 23 heavy (non-hydrogen) atoms. The fourth-order valence-electron chi connectivity index (χ4n) is 3.23. The molecular weight excluding hydrogens is 294 g/mol. The van der Waals surface area contributed by atoms with Crippen LogP contribution in [0.5, 0.6) is 0 Å². The molecule has 0 aromatic carbocycles. The van der Waals surface area contributed by atoms with Crippen LogP contribution in [-0.4, -0.2) is 73.1 Å². The summed E-state index contributed by atoms with van der Waals surface area (Å²) in [7, 11) is 0. The third-order valence-corrected chi connectivity index (χ3v) is 4.73. The molecule has 0 atom stereocenters. The summed E-state index contributed by atoms with van der Waals surface area (Å²) in [6.07, 6.45) is 5.37. The van der Waals surface area contributed by atoms with E-state index in [-0.39, 0.29) is 18.4 Å². The van der Waals surface area contributed by atoms with Crippen molar-refractivity contribution in [2.45, 2.75) is 44.7 Å². The van der Waals surface area contributed by atoms with E-state index >= 15 is 0 Å². The standard InChI is InChI=1S/C17H29N3O3/c1-3-16(21)19(4-2)13-17(22)20-9-5-14(6-10-20)18-15-7-11-23-12-8-15/h3,14-15,18H,1,4-13H2,2H3. The molecule has 2 heterocycles. The third kappa shape index (κ3) is 5.32. The quantitative estimate of drug-likeness (QED) is 0.734. The summed E-state index contributed by atoms with van der Waals surface area (Å²) in [5.41, 5.74) is 0. The summed E-state index contributed by atoms with van der Waals surface area (Å²) >= 11 is 0. The van der Waals surface area contributed by atoms with E-state index in [0.29, 0.717) is 18.6 Å². The molecule has 2 aliphatic rings. The summed E-state index contributed by atoms with van der Waals surface area (Å²) in [6.45, 7) is 9.25. The van der Waals surface area contributed by atoms with Gasteiger partial charge >= 0.3 is 0 Å². The summed E-state index contributed by atoms with van der Waals surface area (Å²) in [5.74, 6) is -0.150. The molecule has 0 bridgehead atoms. The number of nitrogens with one attached hydrogen (secondary N) is 1. The second-order valence-corrected chi connectivity index (χ2v) is 6.26. The molecule has 1 N–H and O–H groups in total. The molecule has 0 radical (unpaired) electrons. The zero-order valence-corrected chi connectivity index (χ0v) is 14.1. The van der Waals surface area contributed by atoms with Gasteiger partial charge in [0.15, 0.2) is 0 Å². The van der Waals surface area contributed by atoms with Crippen LogP contribution in [0.4, 0.5) is 0 Å². The number of hydrogen-bond donors (Lipinski definition) is 1. The van der Waals surface area contributed by atoms with Crippen molar-refractivity contribution in [3.8, 4) is 0 Å². The predicted molar refractivity (Wildman–Crippen MR) is 89.0 cm³/mol. The van der Waals surface area contributed by atoms with Crippen LogP contribution in [-0.2, 0) is 14.3 Å². The zero-order chi connectivity index (χ0) is 16.7. The van der Waals surface area contributed by atoms with Gasteiger partial charge in [0.05, 0.1) is 6.54 Å². The van der Waals surface area contributed by atoms with E-state index in [9.17, 15) is 9.59 Å². The van der Waals surface area contributed by atoms with Crippen LogP contribution in [0.1, 0.15) is 32.6 Å². The van der Waals surface area contributed by atoms with Crippen molar-refractivity contribution in [1.29, 1.82) is 0 Å². The van der Waals surface area contributed by atoms with E-state index in [2.05, 4.69) is 11.9 Å². The number of ether oxygens (including phenoxy) is 1. The van der Waals surface area contributed by atoms with Crippen molar-refractivity contribution in [2.24, 2.45) is 0 Å². The van der Waals surface area contributed by atoms with Crippen LogP contribution < -0.4 is 5.32 Å². The lowest BCUT2D eigenvalue weighted by atomic mass is 10.0. The van der Waals surface area contributed by atoms with Gasteiger partial charge in [0.1, 0.15) is 0 Å². The molecule has 0 aromatic rings. The number of rotatable bonds is 6. The highest BCUT2D eigenvalue weighted by atomic mass is 16.5. The zero-order valence-electron chi connectivity index (χ0n) is 14.1. The molecule has 2 aliphatic heterocycles. The maximum absolute atomic E-state index is 12.3. The van der Waals surface area contributed by atoms with Gasteiger partial charge in [-0.2, -0.15) is 0 Å². The molecule has 2 fully saturated rings. The minimum absolute atomic E-state index is 0.0339. The van der Waals surface area contributed by atoms with Crippen LogP contribution in [0.3, 0.4) is 0 Å². The van der Waals surface area contributed by atoms with Gasteiger partial charge in [-0.05, 0) is 38.7 Å². The largest absolute Gasteiger partial charge is 0.381 e. The van der Waals surface area contributed by atoms with Crippen LogP contribution >= 0.6 is 0 Å². The van der Waals surface area contributed by atoms with E-state index in [4.69, 9.17) is 4.74 Å². The fourth-order valence-corrected chi connectivity index (χ4v) is 3.23. The number of nitrogens with zero attached hydrogens (tertiary/aromatic N) is 2. The smallest absolute Gasteiger partial charge is 0.246 e. The Hall–Kier alpha value is -1.40. The van der Waals surface area contributed by atoms with Crippen LogP contribution in [0.2, 0.25) is 0 Å². The summed E-state index contributed by atoms with van der Waals surface area (Å²) < 4.78 is 5.38. The van der Waals surface area contributed by atoms with Gasteiger partial charge < -0.3 is 19.9 Å². The van der Waals surface area contributed by atoms with Crippen LogP contribution in [0.25, 0.3) is 0 Å². The number of piperidine rings is 1. The maximum atomic E-state index is 12.3. The molecule has 2 rings (SSSR count). The number of carbonyl (C=O) groups excluding carboxylic acids is 2. The first-order valence-electron chi connectivity index (χ1n) is 8.67. The van der Waals surface area contributed by atoms with Crippen molar-refractivity contribution in [3.63, 3.8) is 0 Å². The van der Waals surface area contributed by atoms with Gasteiger partial charge in [0.2, 0.25) is 11.8 Å². The number of amides is 2. The summed E-state index contributed by atoms with van der Waals surface area (Å²) in [6, 6.07) is 1.04. The van der Waals surface area contributed by atoms with Gasteiger partial charge in [-0.25, -0.2) is 0 Å². The van der Waals surface area contributed by atoms with Crippen LogP contribution in [0.15, 0.2) is 12.7 Å². The highest BCUT2D eigenvalue weighted by Crippen LogP contribution is 2.15. The second-order valence-electron chi connectivity index (χ2n) is 6.26. The average Bonchev–Trinajstić information content (AvgIpc) is 2.60. The first-order chi connectivity index (χ1) is 11.1. The molecule has 0 aromatic heterocycles. The lowest BCUT2D eigenvalue weighted by molar-refractivity contribution is -0.138. The molecule has 2 saturated heterocycles. The van der Waals surface area contributed by atoms with Crippen molar-refractivity contribution < 1.29 is 14.3 Å². The minimum atomic E-state index is -0.183. The average molecular weight is 323 g/mol. The first kappa shape index (κ1) is 17.9.